The summed E-state index contributed by atoms with van der Waals surface area (Å²) in [6.45, 7) is 5.87. The average Bonchev–Trinajstić information content (AvgIpc) is 3.28. The van der Waals surface area contributed by atoms with Crippen LogP contribution in [0.1, 0.15) is 18.1 Å². The van der Waals surface area contributed by atoms with Crippen LogP contribution in [0, 0.1) is 5.92 Å². The SMILES string of the molecule is C=CC(=O)Nc1cccc(N2CC(C)Cn3c2nc2c3c(=O)n(Cc3ccccc3C(F)(F)F)c(=O)n2C)c1. The summed E-state index contributed by atoms with van der Waals surface area (Å²) in [7, 11) is 1.44. The number of fused-ring (bicyclic) bond motifs is 3. The van der Waals surface area contributed by atoms with Crippen molar-refractivity contribution in [1.82, 2.24) is 18.7 Å². The molecule has 1 atom stereocenters. The summed E-state index contributed by atoms with van der Waals surface area (Å²) in [5.41, 5.74) is -1.08. The number of amides is 1. The lowest BCUT2D eigenvalue weighted by molar-refractivity contribution is -0.138. The molecule has 4 aromatic rings. The molecule has 0 radical (unpaired) electrons. The maximum absolute atomic E-state index is 13.7. The molecule has 0 bridgehead atoms. The monoisotopic (exact) mass is 538 g/mol. The average molecular weight is 539 g/mol. The molecule has 2 aromatic carbocycles. The van der Waals surface area contributed by atoms with Crippen molar-refractivity contribution in [3.8, 4) is 0 Å². The molecule has 1 aliphatic rings. The molecule has 5 rings (SSSR count). The van der Waals surface area contributed by atoms with Crippen molar-refractivity contribution in [2.24, 2.45) is 13.0 Å². The molecule has 0 saturated carbocycles. The number of carbonyl (C=O) groups is 1. The second kappa shape index (κ2) is 9.61. The molecular weight excluding hydrogens is 513 g/mol. The third-order valence-corrected chi connectivity index (χ3v) is 6.70. The first-order chi connectivity index (χ1) is 18.5. The number of alkyl halides is 3. The van der Waals surface area contributed by atoms with Gasteiger partial charge in [-0.05, 0) is 41.8 Å². The van der Waals surface area contributed by atoms with Crippen molar-refractivity contribution >= 4 is 34.4 Å². The minimum atomic E-state index is -4.64. The van der Waals surface area contributed by atoms with Crippen molar-refractivity contribution in [3.63, 3.8) is 0 Å². The number of benzene rings is 2. The fourth-order valence-electron chi connectivity index (χ4n) is 4.91. The van der Waals surface area contributed by atoms with Crippen LogP contribution < -0.4 is 21.5 Å². The number of rotatable bonds is 5. The molecule has 202 valence electrons. The molecule has 1 amide bonds. The van der Waals surface area contributed by atoms with Crippen molar-refractivity contribution in [3.05, 3.63) is 93.2 Å². The number of imidazole rings is 1. The number of anilines is 3. The normalized spacial score (nSPS) is 15.3. The zero-order chi connectivity index (χ0) is 28.1. The van der Waals surface area contributed by atoms with Gasteiger partial charge in [0.15, 0.2) is 11.2 Å². The van der Waals surface area contributed by atoms with Gasteiger partial charge in [0, 0.05) is 31.5 Å². The van der Waals surface area contributed by atoms with Crippen LogP contribution in [0.5, 0.6) is 0 Å². The predicted molar refractivity (Wildman–Crippen MR) is 141 cm³/mol. The van der Waals surface area contributed by atoms with Crippen LogP contribution in [0.25, 0.3) is 11.2 Å². The molecular formula is C27H25F3N6O3. The highest BCUT2D eigenvalue weighted by Gasteiger charge is 2.34. The highest BCUT2D eigenvalue weighted by atomic mass is 19.4. The molecule has 2 aromatic heterocycles. The van der Waals surface area contributed by atoms with Gasteiger partial charge >= 0.3 is 11.9 Å². The summed E-state index contributed by atoms with van der Waals surface area (Å²) in [4.78, 5) is 45.2. The van der Waals surface area contributed by atoms with Gasteiger partial charge in [0.25, 0.3) is 5.56 Å². The fraction of sp³-hybridized carbons (Fsp3) is 0.259. The number of hydrogen-bond donors (Lipinski definition) is 1. The Kier molecular flexibility index (Phi) is 6.41. The minimum Gasteiger partial charge on any atom is -0.322 e. The summed E-state index contributed by atoms with van der Waals surface area (Å²) < 4.78 is 44.5. The first kappa shape index (κ1) is 26.0. The van der Waals surface area contributed by atoms with Crippen LogP contribution in [0.4, 0.5) is 30.5 Å². The van der Waals surface area contributed by atoms with E-state index in [1.54, 1.807) is 22.8 Å². The highest BCUT2D eigenvalue weighted by Crippen LogP contribution is 2.34. The van der Waals surface area contributed by atoms with Gasteiger partial charge in [-0.1, -0.05) is 37.8 Å². The number of aryl methyl sites for hydroxylation is 1. The van der Waals surface area contributed by atoms with Crippen LogP contribution in [-0.4, -0.2) is 31.1 Å². The second-order valence-electron chi connectivity index (χ2n) is 9.54. The lowest BCUT2D eigenvalue weighted by atomic mass is 10.1. The zero-order valence-electron chi connectivity index (χ0n) is 21.2. The Balaban J connectivity index is 1.66. The number of halogens is 3. The molecule has 0 fully saturated rings. The Bertz CT molecular complexity index is 1730. The van der Waals surface area contributed by atoms with Crippen LogP contribution in [0.3, 0.4) is 0 Å². The molecule has 0 saturated heterocycles. The van der Waals surface area contributed by atoms with E-state index in [-0.39, 0.29) is 28.6 Å². The van der Waals surface area contributed by atoms with Crippen LogP contribution in [0.15, 0.2) is 70.8 Å². The predicted octanol–water partition coefficient (Wildman–Crippen LogP) is 3.88. The quantitative estimate of drug-likeness (QED) is 0.390. The molecule has 1 N–H and O–H groups in total. The summed E-state index contributed by atoms with van der Waals surface area (Å²) in [6.07, 6.45) is -3.48. The number of hydrogen-bond acceptors (Lipinski definition) is 5. The van der Waals surface area contributed by atoms with E-state index in [1.165, 1.54) is 29.8 Å². The summed E-state index contributed by atoms with van der Waals surface area (Å²) in [5, 5.41) is 2.71. The largest absolute Gasteiger partial charge is 0.416 e. The van der Waals surface area contributed by atoms with Crippen molar-refractivity contribution in [2.45, 2.75) is 26.2 Å². The van der Waals surface area contributed by atoms with Gasteiger partial charge in [-0.25, -0.2) is 4.79 Å². The third-order valence-electron chi connectivity index (χ3n) is 6.70. The summed E-state index contributed by atoms with van der Waals surface area (Å²) in [5.74, 6) is 0.0993. The Hall–Kier alpha value is -4.61. The number of carbonyl (C=O) groups excluding carboxylic acids is 1. The van der Waals surface area contributed by atoms with Gasteiger partial charge in [-0.15, -0.1) is 0 Å². The molecule has 9 nitrogen and oxygen atoms in total. The van der Waals surface area contributed by atoms with E-state index in [0.717, 1.165) is 16.7 Å². The van der Waals surface area contributed by atoms with Gasteiger partial charge in [0.1, 0.15) is 0 Å². The van der Waals surface area contributed by atoms with Gasteiger partial charge in [0.2, 0.25) is 11.9 Å². The van der Waals surface area contributed by atoms with Crippen molar-refractivity contribution in [2.75, 3.05) is 16.8 Å². The Labute approximate surface area is 220 Å². The maximum Gasteiger partial charge on any atom is 0.416 e. The highest BCUT2D eigenvalue weighted by molar-refractivity contribution is 5.99. The molecule has 0 spiro atoms. The lowest BCUT2D eigenvalue weighted by Gasteiger charge is -2.33. The van der Waals surface area contributed by atoms with Gasteiger partial charge in [-0.2, -0.15) is 18.2 Å². The van der Waals surface area contributed by atoms with E-state index in [2.05, 4.69) is 16.9 Å². The van der Waals surface area contributed by atoms with Crippen molar-refractivity contribution in [1.29, 1.82) is 0 Å². The molecule has 39 heavy (non-hydrogen) atoms. The molecule has 12 heteroatoms. The number of nitrogens with one attached hydrogen (secondary N) is 1. The van der Waals surface area contributed by atoms with Gasteiger partial charge < -0.3 is 14.8 Å². The smallest absolute Gasteiger partial charge is 0.322 e. The summed E-state index contributed by atoms with van der Waals surface area (Å²) in [6, 6.07) is 12.0. The summed E-state index contributed by atoms with van der Waals surface area (Å²) >= 11 is 0. The fourth-order valence-corrected chi connectivity index (χ4v) is 4.91. The van der Waals surface area contributed by atoms with E-state index in [9.17, 15) is 27.6 Å². The van der Waals surface area contributed by atoms with E-state index in [1.807, 2.05) is 17.9 Å². The van der Waals surface area contributed by atoms with Gasteiger partial charge in [-0.3, -0.25) is 18.7 Å². The molecule has 3 heterocycles. The van der Waals surface area contributed by atoms with E-state index in [0.29, 0.717) is 30.4 Å². The standard InChI is InChI=1S/C27H25F3N6O3/c1-4-21(37)31-18-9-7-10-19(12-18)34-13-16(2)14-35-22-23(32-25(34)35)33(3)26(39)36(24(22)38)15-17-8-5-6-11-20(17)27(28,29)30/h4-12,16H,1,13-15H2,2-3H3,(H,31,37). The van der Waals surface area contributed by atoms with Crippen molar-refractivity contribution < 1.29 is 18.0 Å². The van der Waals surface area contributed by atoms with E-state index >= 15 is 0 Å². The third kappa shape index (κ3) is 4.62. The zero-order valence-corrected chi connectivity index (χ0v) is 21.2. The molecule has 1 unspecified atom stereocenters. The topological polar surface area (TPSA) is 94.2 Å². The Morgan fingerprint density at radius 1 is 1.15 bits per heavy atom. The van der Waals surface area contributed by atoms with Gasteiger partial charge in [0.05, 0.1) is 12.1 Å². The molecule has 1 aliphatic heterocycles. The number of aromatic nitrogens is 4. The first-order valence-electron chi connectivity index (χ1n) is 12.2. The first-order valence-corrected chi connectivity index (χ1v) is 12.2. The Morgan fingerprint density at radius 3 is 2.62 bits per heavy atom. The lowest BCUT2D eigenvalue weighted by Crippen LogP contribution is -2.41. The maximum atomic E-state index is 13.7. The minimum absolute atomic E-state index is 0.0531. The van der Waals surface area contributed by atoms with E-state index < -0.39 is 29.5 Å². The van der Waals surface area contributed by atoms with Crippen LogP contribution >= 0.6 is 0 Å². The number of nitrogens with zero attached hydrogens (tertiary/aromatic N) is 5. The second-order valence-corrected chi connectivity index (χ2v) is 9.54. The van der Waals surface area contributed by atoms with E-state index in [4.69, 9.17) is 0 Å². The Morgan fingerprint density at radius 2 is 1.90 bits per heavy atom. The molecule has 0 aliphatic carbocycles. The van der Waals surface area contributed by atoms with Crippen LogP contribution in [0.2, 0.25) is 0 Å². The van der Waals surface area contributed by atoms with Crippen LogP contribution in [-0.2, 0) is 31.1 Å².